The molecule has 0 radical (unpaired) electrons. The van der Waals surface area contributed by atoms with Gasteiger partial charge in [-0.25, -0.2) is 0 Å². The zero-order valence-corrected chi connectivity index (χ0v) is 14.9. The molecule has 0 amide bonds. The maximum absolute atomic E-state index is 3.78. The van der Waals surface area contributed by atoms with Crippen molar-refractivity contribution in [2.24, 2.45) is 5.92 Å². The lowest BCUT2D eigenvalue weighted by atomic mass is 9.87. The van der Waals surface area contributed by atoms with Crippen LogP contribution in [0.15, 0.2) is 18.2 Å². The van der Waals surface area contributed by atoms with Crippen LogP contribution in [-0.2, 0) is 5.75 Å². The van der Waals surface area contributed by atoms with Gasteiger partial charge in [-0.2, -0.15) is 11.8 Å². The Morgan fingerprint density at radius 1 is 1.14 bits per heavy atom. The summed E-state index contributed by atoms with van der Waals surface area (Å²) in [7, 11) is 0. The predicted octanol–water partition coefficient (Wildman–Crippen LogP) is 5.09. The minimum atomic E-state index is 0.719. The second-order valence-corrected chi connectivity index (χ2v) is 8.05. The molecular weight excluding hydrogens is 274 g/mol. The van der Waals surface area contributed by atoms with Crippen LogP contribution in [0.3, 0.4) is 0 Å². The maximum Gasteiger partial charge on any atom is 0.0207 e. The molecular formula is C19H31NS. The average molecular weight is 306 g/mol. The lowest BCUT2D eigenvalue weighted by Crippen LogP contribution is -2.42. The van der Waals surface area contributed by atoms with E-state index in [1.807, 2.05) is 0 Å². The number of thioether (sulfide) groups is 1. The van der Waals surface area contributed by atoms with E-state index in [9.17, 15) is 0 Å². The Labute approximate surface area is 135 Å². The first-order valence-electron chi connectivity index (χ1n) is 8.50. The number of hydrogen-bond donors (Lipinski definition) is 1. The highest BCUT2D eigenvalue weighted by atomic mass is 32.2. The highest BCUT2D eigenvalue weighted by Gasteiger charge is 2.28. The fraction of sp³-hybridized carbons (Fsp3) is 0.684. The van der Waals surface area contributed by atoms with Crippen LogP contribution < -0.4 is 5.32 Å². The fourth-order valence-corrected chi connectivity index (χ4v) is 4.93. The molecule has 3 atom stereocenters. The monoisotopic (exact) mass is 305 g/mol. The highest BCUT2D eigenvalue weighted by Crippen LogP contribution is 2.34. The second kappa shape index (κ2) is 8.24. The van der Waals surface area contributed by atoms with Crippen molar-refractivity contribution >= 4 is 11.8 Å². The van der Waals surface area contributed by atoms with Crippen LogP contribution >= 0.6 is 11.8 Å². The van der Waals surface area contributed by atoms with E-state index in [0.29, 0.717) is 0 Å². The number of nitrogens with one attached hydrogen (secondary N) is 1. The van der Waals surface area contributed by atoms with E-state index >= 15 is 0 Å². The van der Waals surface area contributed by atoms with E-state index in [1.165, 1.54) is 48.9 Å². The molecule has 1 aliphatic rings. The first kappa shape index (κ1) is 16.9. The van der Waals surface area contributed by atoms with Crippen molar-refractivity contribution in [2.75, 3.05) is 6.54 Å². The van der Waals surface area contributed by atoms with Crippen LogP contribution in [0.25, 0.3) is 0 Å². The van der Waals surface area contributed by atoms with Crippen molar-refractivity contribution in [1.82, 2.24) is 5.32 Å². The van der Waals surface area contributed by atoms with Gasteiger partial charge in [0.1, 0.15) is 0 Å². The van der Waals surface area contributed by atoms with Crippen molar-refractivity contribution in [3.8, 4) is 0 Å². The van der Waals surface area contributed by atoms with Crippen molar-refractivity contribution in [2.45, 2.75) is 70.4 Å². The van der Waals surface area contributed by atoms with Crippen LogP contribution in [0.2, 0.25) is 0 Å². The minimum Gasteiger partial charge on any atom is -0.313 e. The third-order valence-electron chi connectivity index (χ3n) is 4.46. The molecule has 2 rings (SSSR count). The fourth-order valence-electron chi connectivity index (χ4n) is 3.43. The van der Waals surface area contributed by atoms with Crippen molar-refractivity contribution in [1.29, 1.82) is 0 Å². The van der Waals surface area contributed by atoms with Gasteiger partial charge in [0.2, 0.25) is 0 Å². The van der Waals surface area contributed by atoms with Gasteiger partial charge in [0.05, 0.1) is 0 Å². The number of benzene rings is 1. The molecule has 21 heavy (non-hydrogen) atoms. The molecule has 3 unspecified atom stereocenters. The molecule has 118 valence electrons. The van der Waals surface area contributed by atoms with Gasteiger partial charge in [-0.3, -0.25) is 0 Å². The highest BCUT2D eigenvalue weighted by molar-refractivity contribution is 7.99. The molecule has 1 fully saturated rings. The van der Waals surface area contributed by atoms with E-state index in [0.717, 1.165) is 23.0 Å². The van der Waals surface area contributed by atoms with Crippen LogP contribution in [-0.4, -0.2) is 17.8 Å². The zero-order chi connectivity index (χ0) is 15.2. The SMILES string of the molecule is CCCNC1CCC(C)CC1SCc1cc(C)cc(C)c1. The molecule has 1 aliphatic carbocycles. The maximum atomic E-state index is 3.78. The molecule has 0 saturated heterocycles. The van der Waals surface area contributed by atoms with E-state index in [4.69, 9.17) is 0 Å². The topological polar surface area (TPSA) is 12.0 Å². The van der Waals surface area contributed by atoms with Crippen molar-refractivity contribution < 1.29 is 0 Å². The summed E-state index contributed by atoms with van der Waals surface area (Å²) in [5.74, 6) is 2.05. The van der Waals surface area contributed by atoms with Gasteiger partial charge in [-0.15, -0.1) is 0 Å². The molecule has 0 aliphatic heterocycles. The summed E-state index contributed by atoms with van der Waals surface area (Å²) < 4.78 is 0. The summed E-state index contributed by atoms with van der Waals surface area (Å²) in [6.45, 7) is 10.3. The molecule has 0 heterocycles. The molecule has 2 heteroatoms. The van der Waals surface area contributed by atoms with Gasteiger partial charge in [-0.1, -0.05) is 43.2 Å². The average Bonchev–Trinajstić information content (AvgIpc) is 2.43. The van der Waals surface area contributed by atoms with Crippen LogP contribution in [0.5, 0.6) is 0 Å². The Kier molecular flexibility index (Phi) is 6.63. The smallest absolute Gasteiger partial charge is 0.0207 e. The van der Waals surface area contributed by atoms with Crippen molar-refractivity contribution in [3.63, 3.8) is 0 Å². The van der Waals surface area contributed by atoms with Crippen LogP contribution in [0.1, 0.15) is 56.2 Å². The summed E-state index contributed by atoms with van der Waals surface area (Å²) in [5.41, 5.74) is 4.27. The van der Waals surface area contributed by atoms with Crippen LogP contribution in [0, 0.1) is 19.8 Å². The molecule has 1 nitrogen and oxygen atoms in total. The summed E-state index contributed by atoms with van der Waals surface area (Å²) in [5, 5.41) is 4.56. The van der Waals surface area contributed by atoms with E-state index in [1.54, 1.807) is 0 Å². The minimum absolute atomic E-state index is 0.719. The third-order valence-corrected chi connectivity index (χ3v) is 5.91. The van der Waals surface area contributed by atoms with E-state index in [2.05, 4.69) is 63.0 Å². The van der Waals surface area contributed by atoms with Gasteiger partial charge in [0.25, 0.3) is 0 Å². The van der Waals surface area contributed by atoms with E-state index in [-0.39, 0.29) is 0 Å². The lowest BCUT2D eigenvalue weighted by molar-refractivity contribution is 0.317. The Morgan fingerprint density at radius 2 is 1.86 bits per heavy atom. The largest absolute Gasteiger partial charge is 0.313 e. The Bertz CT molecular complexity index is 421. The molecule has 1 aromatic rings. The van der Waals surface area contributed by atoms with Gasteiger partial charge in [0, 0.05) is 17.0 Å². The molecule has 1 saturated carbocycles. The molecule has 1 aromatic carbocycles. The normalized spacial score (nSPS) is 26.0. The Balaban J connectivity index is 1.94. The number of aryl methyl sites for hydroxylation is 2. The van der Waals surface area contributed by atoms with Gasteiger partial charge in [0.15, 0.2) is 0 Å². The van der Waals surface area contributed by atoms with Gasteiger partial charge in [-0.05, 0) is 57.6 Å². The molecule has 0 bridgehead atoms. The molecule has 1 N–H and O–H groups in total. The lowest BCUT2D eigenvalue weighted by Gasteiger charge is -2.35. The quantitative estimate of drug-likeness (QED) is 0.785. The molecule has 0 spiro atoms. The standard InChI is InChI=1S/C19H31NS/c1-5-8-20-18-7-6-14(2)12-19(18)21-13-17-10-15(3)9-16(4)11-17/h9-11,14,18-20H,5-8,12-13H2,1-4H3. The summed E-state index contributed by atoms with van der Waals surface area (Å²) in [6.07, 6.45) is 5.35. The van der Waals surface area contributed by atoms with Crippen molar-refractivity contribution in [3.05, 3.63) is 34.9 Å². The number of hydrogen-bond acceptors (Lipinski definition) is 2. The zero-order valence-electron chi connectivity index (χ0n) is 14.1. The number of rotatable bonds is 6. The van der Waals surface area contributed by atoms with E-state index < -0.39 is 0 Å². The third kappa shape index (κ3) is 5.34. The Morgan fingerprint density at radius 3 is 2.52 bits per heavy atom. The first-order valence-corrected chi connectivity index (χ1v) is 9.55. The summed E-state index contributed by atoms with van der Waals surface area (Å²) in [4.78, 5) is 0. The summed E-state index contributed by atoms with van der Waals surface area (Å²) >= 11 is 2.17. The first-order chi connectivity index (χ1) is 10.1. The van der Waals surface area contributed by atoms with Crippen LogP contribution in [0.4, 0.5) is 0 Å². The Hall–Kier alpha value is -0.470. The van der Waals surface area contributed by atoms with Gasteiger partial charge >= 0.3 is 0 Å². The predicted molar refractivity (Wildman–Crippen MR) is 96.1 cm³/mol. The molecule has 0 aromatic heterocycles. The second-order valence-electron chi connectivity index (χ2n) is 6.82. The summed E-state index contributed by atoms with van der Waals surface area (Å²) in [6, 6.07) is 7.68. The van der Waals surface area contributed by atoms with Gasteiger partial charge < -0.3 is 5.32 Å².